The molecule has 124 valence electrons. The average Bonchev–Trinajstić information content (AvgIpc) is 2.48. The molecule has 24 heavy (non-hydrogen) atoms. The van der Waals surface area contributed by atoms with Crippen molar-refractivity contribution in [1.29, 1.82) is 0 Å². The van der Waals surface area contributed by atoms with E-state index in [9.17, 15) is 10.0 Å². The summed E-state index contributed by atoms with van der Waals surface area (Å²) in [6.45, 7) is 8.34. The van der Waals surface area contributed by atoms with Gasteiger partial charge in [0, 0.05) is 22.7 Å². The SMILES string of the molecule is Cc1cc(C(C)(C)C)c(Cl)cc1-c1cc(=O)c2c[n+]([O-])ccc2[nH]1. The van der Waals surface area contributed by atoms with Gasteiger partial charge in [-0.3, -0.25) is 4.79 Å². The second-order valence-electron chi connectivity index (χ2n) is 7.08. The minimum Gasteiger partial charge on any atom is -0.619 e. The molecule has 5 heteroatoms. The Morgan fingerprint density at radius 2 is 1.92 bits per heavy atom. The number of pyridine rings is 2. The van der Waals surface area contributed by atoms with E-state index in [0.29, 0.717) is 26.3 Å². The number of halogens is 1. The molecule has 0 saturated carbocycles. The smallest absolute Gasteiger partial charge is 0.196 e. The van der Waals surface area contributed by atoms with Crippen molar-refractivity contribution < 1.29 is 4.73 Å². The molecule has 0 spiro atoms. The number of fused-ring (bicyclic) bond motifs is 1. The minimum absolute atomic E-state index is 0.0566. The van der Waals surface area contributed by atoms with Gasteiger partial charge >= 0.3 is 0 Å². The van der Waals surface area contributed by atoms with Crippen molar-refractivity contribution >= 4 is 22.5 Å². The third-order valence-corrected chi connectivity index (χ3v) is 4.47. The van der Waals surface area contributed by atoms with Crippen LogP contribution in [-0.4, -0.2) is 4.98 Å². The number of hydrogen-bond donors (Lipinski definition) is 1. The van der Waals surface area contributed by atoms with Crippen LogP contribution in [0.4, 0.5) is 0 Å². The average molecular weight is 343 g/mol. The number of hydrogen-bond acceptors (Lipinski definition) is 2. The highest BCUT2D eigenvalue weighted by Gasteiger charge is 2.19. The van der Waals surface area contributed by atoms with Crippen molar-refractivity contribution in [1.82, 2.24) is 4.98 Å². The van der Waals surface area contributed by atoms with Gasteiger partial charge in [0.15, 0.2) is 17.8 Å². The maximum Gasteiger partial charge on any atom is 0.196 e. The van der Waals surface area contributed by atoms with E-state index in [0.717, 1.165) is 16.7 Å². The zero-order valence-electron chi connectivity index (χ0n) is 14.1. The molecule has 0 unspecified atom stereocenters. The quantitative estimate of drug-likeness (QED) is 0.535. The van der Waals surface area contributed by atoms with Gasteiger partial charge in [-0.2, -0.15) is 4.73 Å². The number of aromatic amines is 1. The van der Waals surface area contributed by atoms with Crippen molar-refractivity contribution in [3.8, 4) is 11.3 Å². The number of nitrogens with zero attached hydrogens (tertiary/aromatic N) is 1. The van der Waals surface area contributed by atoms with Crippen molar-refractivity contribution in [2.45, 2.75) is 33.1 Å². The molecule has 0 amide bonds. The lowest BCUT2D eigenvalue weighted by Gasteiger charge is -2.22. The second kappa shape index (κ2) is 5.64. The summed E-state index contributed by atoms with van der Waals surface area (Å²) in [5.41, 5.74) is 4.05. The van der Waals surface area contributed by atoms with Crippen LogP contribution in [0.15, 0.2) is 41.5 Å². The van der Waals surface area contributed by atoms with Gasteiger partial charge in [-0.1, -0.05) is 38.4 Å². The van der Waals surface area contributed by atoms with Crippen LogP contribution >= 0.6 is 11.6 Å². The predicted molar refractivity (Wildman–Crippen MR) is 97.4 cm³/mol. The second-order valence-corrected chi connectivity index (χ2v) is 7.48. The zero-order chi connectivity index (χ0) is 17.6. The molecule has 0 aliphatic heterocycles. The van der Waals surface area contributed by atoms with Gasteiger partial charge in [-0.15, -0.1) is 0 Å². The number of nitrogens with one attached hydrogen (secondary N) is 1. The van der Waals surface area contributed by atoms with E-state index in [1.165, 1.54) is 18.5 Å². The highest BCUT2D eigenvalue weighted by atomic mass is 35.5. The molecule has 0 aliphatic carbocycles. The monoisotopic (exact) mass is 342 g/mol. The van der Waals surface area contributed by atoms with Gasteiger partial charge in [0.2, 0.25) is 0 Å². The Balaban J connectivity index is 2.23. The summed E-state index contributed by atoms with van der Waals surface area (Å²) in [5, 5.41) is 12.4. The molecule has 0 fully saturated rings. The van der Waals surface area contributed by atoms with Crippen LogP contribution < -0.4 is 10.2 Å². The van der Waals surface area contributed by atoms with Gasteiger partial charge in [0.25, 0.3) is 0 Å². The van der Waals surface area contributed by atoms with Crippen LogP contribution in [0.1, 0.15) is 31.9 Å². The van der Waals surface area contributed by atoms with Crippen LogP contribution in [0.2, 0.25) is 5.02 Å². The lowest BCUT2D eigenvalue weighted by molar-refractivity contribution is -0.603. The molecule has 3 rings (SSSR count). The molecule has 2 aromatic heterocycles. The molecule has 1 aromatic carbocycles. The molecule has 0 atom stereocenters. The first kappa shape index (κ1) is 16.5. The fourth-order valence-electron chi connectivity index (χ4n) is 2.86. The van der Waals surface area contributed by atoms with Crippen molar-refractivity contribution in [2.75, 3.05) is 0 Å². The number of H-pyrrole nitrogens is 1. The summed E-state index contributed by atoms with van der Waals surface area (Å²) in [6.07, 6.45) is 2.64. The zero-order valence-corrected chi connectivity index (χ0v) is 14.9. The van der Waals surface area contributed by atoms with Crippen LogP contribution in [-0.2, 0) is 5.41 Å². The van der Waals surface area contributed by atoms with Crippen LogP contribution in [0.25, 0.3) is 22.2 Å². The third-order valence-electron chi connectivity index (χ3n) is 4.16. The molecule has 1 N–H and O–H groups in total. The Kier molecular flexibility index (Phi) is 3.88. The van der Waals surface area contributed by atoms with Gasteiger partial charge in [0.1, 0.15) is 5.39 Å². The first-order valence-electron chi connectivity index (χ1n) is 7.73. The fourth-order valence-corrected chi connectivity index (χ4v) is 3.31. The Labute approximate surface area is 145 Å². The van der Waals surface area contributed by atoms with Crippen molar-refractivity contribution in [2.24, 2.45) is 0 Å². The molecule has 3 aromatic rings. The third kappa shape index (κ3) is 2.89. The number of aryl methyl sites for hydroxylation is 1. The summed E-state index contributed by atoms with van der Waals surface area (Å²) < 4.78 is 0.623. The van der Waals surface area contributed by atoms with Crippen LogP contribution in [0, 0.1) is 12.1 Å². The summed E-state index contributed by atoms with van der Waals surface area (Å²) in [6, 6.07) is 7.08. The first-order valence-corrected chi connectivity index (χ1v) is 8.11. The summed E-state index contributed by atoms with van der Waals surface area (Å²) in [7, 11) is 0. The molecule has 4 nitrogen and oxygen atoms in total. The van der Waals surface area contributed by atoms with Crippen molar-refractivity contribution in [3.05, 3.63) is 68.2 Å². The first-order chi connectivity index (χ1) is 11.2. The lowest BCUT2D eigenvalue weighted by Crippen LogP contribution is -2.25. The van der Waals surface area contributed by atoms with Gasteiger partial charge in [0.05, 0.1) is 11.2 Å². The molecular weight excluding hydrogens is 324 g/mol. The Morgan fingerprint density at radius 3 is 2.58 bits per heavy atom. The number of rotatable bonds is 1. The van der Waals surface area contributed by atoms with Crippen LogP contribution in [0.5, 0.6) is 0 Å². The molecular formula is C19H19ClN2O2. The minimum atomic E-state index is -0.195. The number of aromatic nitrogens is 2. The summed E-state index contributed by atoms with van der Waals surface area (Å²) in [4.78, 5) is 15.6. The summed E-state index contributed by atoms with van der Waals surface area (Å²) >= 11 is 6.48. The Morgan fingerprint density at radius 1 is 1.21 bits per heavy atom. The van der Waals surface area contributed by atoms with E-state index < -0.39 is 0 Å². The van der Waals surface area contributed by atoms with E-state index >= 15 is 0 Å². The predicted octanol–water partition coefficient (Wildman–Crippen LogP) is 4.09. The van der Waals surface area contributed by atoms with Gasteiger partial charge in [-0.05, 0) is 29.5 Å². The fraction of sp³-hybridized carbons (Fsp3) is 0.263. The molecule has 0 bridgehead atoms. The van der Waals surface area contributed by atoms with Gasteiger partial charge in [-0.25, -0.2) is 0 Å². The standard InChI is InChI=1S/C19H19ClN2O2/c1-11-7-14(19(2,3)4)15(20)8-12(11)17-9-18(23)13-10-22(24)6-5-16(13)21-17/h5-10H,1-4H3,(H,21,23). The highest BCUT2D eigenvalue weighted by molar-refractivity contribution is 6.31. The van der Waals surface area contributed by atoms with Crippen LogP contribution in [0.3, 0.4) is 0 Å². The van der Waals surface area contributed by atoms with E-state index in [-0.39, 0.29) is 10.8 Å². The number of benzene rings is 1. The molecule has 0 saturated heterocycles. The maximum atomic E-state index is 12.3. The Hall–Kier alpha value is -2.33. The lowest BCUT2D eigenvalue weighted by atomic mass is 9.85. The maximum absolute atomic E-state index is 12.3. The van der Waals surface area contributed by atoms with Crippen molar-refractivity contribution in [3.63, 3.8) is 0 Å². The van der Waals surface area contributed by atoms with E-state index in [4.69, 9.17) is 11.6 Å². The van der Waals surface area contributed by atoms with E-state index in [2.05, 4.69) is 31.8 Å². The molecule has 0 radical (unpaired) electrons. The summed E-state index contributed by atoms with van der Waals surface area (Å²) in [5.74, 6) is 0. The topological polar surface area (TPSA) is 59.8 Å². The molecule has 2 heterocycles. The molecule has 0 aliphatic rings. The highest BCUT2D eigenvalue weighted by Crippen LogP contribution is 2.34. The van der Waals surface area contributed by atoms with E-state index in [1.54, 1.807) is 6.07 Å². The Bertz CT molecular complexity index is 1000. The largest absolute Gasteiger partial charge is 0.619 e. The van der Waals surface area contributed by atoms with Gasteiger partial charge < -0.3 is 10.2 Å². The normalized spacial score (nSPS) is 11.9. The van der Waals surface area contributed by atoms with E-state index in [1.807, 2.05) is 13.0 Å².